The van der Waals surface area contributed by atoms with Gasteiger partial charge in [0.05, 0.1) is 18.4 Å². The second-order valence-electron chi connectivity index (χ2n) is 6.42. The number of amides is 1. The zero-order chi connectivity index (χ0) is 18.9. The molecule has 4 nitrogen and oxygen atoms in total. The maximum absolute atomic E-state index is 13.2. The lowest BCUT2D eigenvalue weighted by Gasteiger charge is -2.23. The van der Waals surface area contributed by atoms with Crippen LogP contribution in [0.3, 0.4) is 0 Å². The molecule has 138 valence electrons. The lowest BCUT2D eigenvalue weighted by molar-refractivity contribution is 0.0980. The van der Waals surface area contributed by atoms with Gasteiger partial charge in [-0.15, -0.1) is 0 Å². The molecule has 1 N–H and O–H groups in total. The van der Waals surface area contributed by atoms with E-state index in [-0.39, 0.29) is 5.91 Å². The van der Waals surface area contributed by atoms with Crippen LogP contribution >= 0.6 is 0 Å². The Labute approximate surface area is 160 Å². The third-order valence-corrected chi connectivity index (χ3v) is 4.34. The fraction of sp³-hybridized carbons (Fsp3) is 0.217. The topological polar surface area (TPSA) is 45.2 Å². The molecule has 4 heteroatoms. The van der Waals surface area contributed by atoms with Crippen molar-refractivity contribution in [1.29, 1.82) is 0 Å². The number of rotatable bonds is 8. The Morgan fingerprint density at radius 2 is 1.67 bits per heavy atom. The first kappa shape index (κ1) is 18.6. The number of pyridine rings is 1. The van der Waals surface area contributed by atoms with Crippen molar-refractivity contribution in [2.45, 2.75) is 26.3 Å². The van der Waals surface area contributed by atoms with Gasteiger partial charge in [-0.3, -0.25) is 4.79 Å². The number of hydrogen-bond donors (Lipinski definition) is 1. The van der Waals surface area contributed by atoms with Gasteiger partial charge in [0.25, 0.3) is 5.91 Å². The first-order chi connectivity index (χ1) is 13.3. The van der Waals surface area contributed by atoms with Crippen LogP contribution in [0, 0.1) is 0 Å². The van der Waals surface area contributed by atoms with Crippen molar-refractivity contribution in [3.05, 3.63) is 90.3 Å². The van der Waals surface area contributed by atoms with Gasteiger partial charge in [0, 0.05) is 12.2 Å². The summed E-state index contributed by atoms with van der Waals surface area (Å²) in [6.45, 7) is 3.57. The summed E-state index contributed by atoms with van der Waals surface area (Å²) in [7, 11) is 0. The molecular weight excluding hydrogens is 334 g/mol. The molecule has 1 aromatic heterocycles. The third-order valence-electron chi connectivity index (χ3n) is 4.34. The highest BCUT2D eigenvalue weighted by atomic mass is 16.2. The number of carbonyl (C=O) groups is 1. The van der Waals surface area contributed by atoms with Gasteiger partial charge >= 0.3 is 0 Å². The van der Waals surface area contributed by atoms with E-state index >= 15 is 0 Å². The molecule has 0 bridgehead atoms. The molecule has 0 aliphatic carbocycles. The lowest BCUT2D eigenvalue weighted by Crippen LogP contribution is -2.31. The number of para-hydroxylation sites is 1. The molecule has 1 heterocycles. The van der Waals surface area contributed by atoms with E-state index in [9.17, 15) is 4.79 Å². The summed E-state index contributed by atoms with van der Waals surface area (Å²) in [6.07, 6.45) is 3.98. The van der Waals surface area contributed by atoms with Gasteiger partial charge in [0.15, 0.2) is 0 Å². The van der Waals surface area contributed by atoms with Crippen LogP contribution in [-0.4, -0.2) is 17.4 Å². The largest absolute Gasteiger partial charge is 0.384 e. The summed E-state index contributed by atoms with van der Waals surface area (Å²) >= 11 is 0. The lowest BCUT2D eigenvalue weighted by atomic mass is 10.1. The Morgan fingerprint density at radius 1 is 0.963 bits per heavy atom. The summed E-state index contributed by atoms with van der Waals surface area (Å²) in [6, 6.07) is 23.4. The monoisotopic (exact) mass is 359 g/mol. The van der Waals surface area contributed by atoms with Crippen molar-refractivity contribution in [3.8, 4) is 0 Å². The number of benzene rings is 2. The van der Waals surface area contributed by atoms with E-state index < -0.39 is 0 Å². The Kier molecular flexibility index (Phi) is 6.58. The van der Waals surface area contributed by atoms with Crippen LogP contribution in [0.5, 0.6) is 0 Å². The summed E-state index contributed by atoms with van der Waals surface area (Å²) in [4.78, 5) is 19.3. The molecule has 0 saturated heterocycles. The fourth-order valence-corrected chi connectivity index (χ4v) is 2.83. The van der Waals surface area contributed by atoms with Crippen LogP contribution in [-0.2, 0) is 6.54 Å². The molecule has 0 unspecified atom stereocenters. The first-order valence-electron chi connectivity index (χ1n) is 9.38. The fourth-order valence-electron chi connectivity index (χ4n) is 2.83. The Hall–Kier alpha value is -3.14. The van der Waals surface area contributed by atoms with Crippen molar-refractivity contribution < 1.29 is 4.79 Å². The number of unbranched alkanes of at least 4 members (excludes halogenated alkanes) is 1. The predicted molar refractivity (Wildman–Crippen MR) is 111 cm³/mol. The average Bonchev–Trinajstić information content (AvgIpc) is 2.74. The van der Waals surface area contributed by atoms with Crippen molar-refractivity contribution in [3.63, 3.8) is 0 Å². The van der Waals surface area contributed by atoms with Crippen LogP contribution in [0.2, 0.25) is 0 Å². The molecule has 0 spiro atoms. The van der Waals surface area contributed by atoms with Crippen LogP contribution in [0.25, 0.3) is 0 Å². The second-order valence-corrected chi connectivity index (χ2v) is 6.42. The number of anilines is 2. The molecule has 0 radical (unpaired) electrons. The molecule has 0 fully saturated rings. The molecule has 2 aromatic carbocycles. The maximum Gasteiger partial charge on any atom is 0.277 e. The smallest absolute Gasteiger partial charge is 0.277 e. The van der Waals surface area contributed by atoms with Crippen LogP contribution in [0.1, 0.15) is 35.8 Å². The van der Waals surface area contributed by atoms with E-state index in [0.29, 0.717) is 12.2 Å². The molecule has 0 saturated carbocycles. The van der Waals surface area contributed by atoms with Gasteiger partial charge in [-0.2, -0.15) is 0 Å². The Balaban J connectivity index is 1.80. The van der Waals surface area contributed by atoms with Crippen LogP contribution in [0.4, 0.5) is 11.4 Å². The SMILES string of the molecule is CCCCNc1ccc(C(=O)N(Cc2ccccc2)c2ccccc2)nc1. The molecule has 3 aromatic rings. The van der Waals surface area contributed by atoms with Crippen LogP contribution in [0.15, 0.2) is 79.0 Å². The van der Waals surface area contributed by atoms with Crippen LogP contribution < -0.4 is 10.2 Å². The zero-order valence-electron chi connectivity index (χ0n) is 15.6. The molecular formula is C23H25N3O. The summed E-state index contributed by atoms with van der Waals surface area (Å²) in [5, 5.41) is 3.33. The Bertz CT molecular complexity index is 833. The quantitative estimate of drug-likeness (QED) is 0.566. The van der Waals surface area contributed by atoms with E-state index in [1.807, 2.05) is 66.7 Å². The molecule has 1 amide bonds. The highest BCUT2D eigenvalue weighted by Crippen LogP contribution is 2.20. The molecule has 0 aliphatic rings. The van der Waals surface area contributed by atoms with Crippen molar-refractivity contribution in [2.24, 2.45) is 0 Å². The van der Waals surface area contributed by atoms with Gasteiger partial charge in [-0.1, -0.05) is 61.9 Å². The van der Waals surface area contributed by atoms with Gasteiger partial charge in [-0.25, -0.2) is 4.98 Å². The summed E-state index contributed by atoms with van der Waals surface area (Å²) in [5.41, 5.74) is 3.32. The Morgan fingerprint density at radius 3 is 2.30 bits per heavy atom. The molecule has 3 rings (SSSR count). The van der Waals surface area contributed by atoms with Gasteiger partial charge in [0.1, 0.15) is 5.69 Å². The number of nitrogens with zero attached hydrogens (tertiary/aromatic N) is 2. The van der Waals surface area contributed by atoms with Crippen molar-refractivity contribution in [2.75, 3.05) is 16.8 Å². The summed E-state index contributed by atoms with van der Waals surface area (Å²) in [5.74, 6) is -0.106. The number of hydrogen-bond acceptors (Lipinski definition) is 3. The van der Waals surface area contributed by atoms with Crippen molar-refractivity contribution >= 4 is 17.3 Å². The van der Waals surface area contributed by atoms with E-state index in [2.05, 4.69) is 17.2 Å². The van der Waals surface area contributed by atoms with Gasteiger partial charge in [0.2, 0.25) is 0 Å². The zero-order valence-corrected chi connectivity index (χ0v) is 15.6. The first-order valence-corrected chi connectivity index (χ1v) is 9.38. The van der Waals surface area contributed by atoms with E-state index in [1.54, 1.807) is 17.2 Å². The third kappa shape index (κ3) is 5.17. The number of carbonyl (C=O) groups excluding carboxylic acids is 1. The second kappa shape index (κ2) is 9.53. The number of nitrogens with one attached hydrogen (secondary N) is 1. The maximum atomic E-state index is 13.2. The number of aromatic nitrogens is 1. The standard InChI is InChI=1S/C23H25N3O/c1-2-3-16-24-20-14-15-22(25-17-20)23(27)26(21-12-8-5-9-13-21)18-19-10-6-4-7-11-19/h4-15,17,24H,2-3,16,18H2,1H3. The minimum atomic E-state index is -0.106. The summed E-state index contributed by atoms with van der Waals surface area (Å²) < 4.78 is 0. The highest BCUT2D eigenvalue weighted by molar-refractivity contribution is 6.04. The van der Waals surface area contributed by atoms with Gasteiger partial charge < -0.3 is 10.2 Å². The predicted octanol–water partition coefficient (Wildman–Crippen LogP) is 5.14. The van der Waals surface area contributed by atoms with Crippen molar-refractivity contribution in [1.82, 2.24) is 4.98 Å². The minimum absolute atomic E-state index is 0.106. The normalized spacial score (nSPS) is 10.4. The molecule has 0 aliphatic heterocycles. The average molecular weight is 359 g/mol. The van der Waals surface area contributed by atoms with E-state index in [1.165, 1.54) is 0 Å². The molecule has 27 heavy (non-hydrogen) atoms. The van der Waals surface area contributed by atoms with E-state index in [0.717, 1.165) is 36.3 Å². The minimum Gasteiger partial charge on any atom is -0.384 e. The molecule has 0 atom stereocenters. The highest BCUT2D eigenvalue weighted by Gasteiger charge is 2.19. The van der Waals surface area contributed by atoms with E-state index in [4.69, 9.17) is 0 Å². The van der Waals surface area contributed by atoms with Gasteiger partial charge in [-0.05, 0) is 36.2 Å².